The summed E-state index contributed by atoms with van der Waals surface area (Å²) in [5, 5.41) is 10.4. The van der Waals surface area contributed by atoms with Gasteiger partial charge in [-0.25, -0.2) is 4.79 Å². The Kier molecular flexibility index (Phi) is 4.16. The Morgan fingerprint density at radius 3 is 3.00 bits per heavy atom. The van der Waals surface area contributed by atoms with Gasteiger partial charge >= 0.3 is 5.97 Å². The van der Waals surface area contributed by atoms with Crippen molar-refractivity contribution >= 4 is 33.2 Å². The number of carboxylic acids is 1. The Morgan fingerprint density at radius 1 is 1.79 bits per heavy atom. The smallest absolute Gasteiger partial charge is 0.329 e. The number of halogens is 1. The summed E-state index contributed by atoms with van der Waals surface area (Å²) < 4.78 is 1.06. The number of hydrogen-bond acceptors (Lipinski definition) is 3. The molecule has 0 unspecified atom stereocenters. The third-order valence-corrected chi connectivity index (χ3v) is 3.18. The molecular weight excluding hydrogens is 266 g/mol. The molecule has 0 atom stereocenters. The van der Waals surface area contributed by atoms with Crippen molar-refractivity contribution in [1.82, 2.24) is 4.90 Å². The molecule has 0 fully saturated rings. The van der Waals surface area contributed by atoms with Crippen molar-refractivity contribution in [3.63, 3.8) is 0 Å². The number of aliphatic carboxylic acids is 1. The number of thiophene rings is 1. The fourth-order valence-electron chi connectivity index (χ4n) is 0.926. The lowest BCUT2D eigenvalue weighted by Gasteiger charge is -2.11. The minimum atomic E-state index is -0.927. The van der Waals surface area contributed by atoms with Gasteiger partial charge in [-0.15, -0.1) is 11.3 Å². The Balaban J connectivity index is 2.48. The summed E-state index contributed by atoms with van der Waals surface area (Å²) in [6.07, 6.45) is 2.68. The van der Waals surface area contributed by atoms with Gasteiger partial charge in [-0.3, -0.25) is 0 Å². The third kappa shape index (κ3) is 3.93. The average molecular weight is 276 g/mol. The van der Waals surface area contributed by atoms with Crippen molar-refractivity contribution in [2.45, 2.75) is 6.54 Å². The predicted molar refractivity (Wildman–Crippen MR) is 60.3 cm³/mol. The Morgan fingerprint density at radius 2 is 2.50 bits per heavy atom. The topological polar surface area (TPSA) is 40.5 Å². The molecule has 1 N–H and O–H groups in total. The van der Waals surface area contributed by atoms with E-state index in [0.717, 1.165) is 17.1 Å². The zero-order valence-corrected chi connectivity index (χ0v) is 10.0. The van der Waals surface area contributed by atoms with E-state index >= 15 is 0 Å². The van der Waals surface area contributed by atoms with Crippen LogP contribution in [0.3, 0.4) is 0 Å². The summed E-state index contributed by atoms with van der Waals surface area (Å²) in [4.78, 5) is 13.3. The van der Waals surface area contributed by atoms with E-state index in [2.05, 4.69) is 15.9 Å². The largest absolute Gasteiger partial charge is 0.478 e. The molecule has 0 saturated heterocycles. The molecule has 76 valence electrons. The normalized spacial score (nSPS) is 10.7. The fraction of sp³-hybridized carbons (Fsp3) is 0.222. The molecule has 5 heteroatoms. The first-order valence-corrected chi connectivity index (χ1v) is 5.59. The summed E-state index contributed by atoms with van der Waals surface area (Å²) >= 11 is 5.01. The number of nitrogens with zero attached hydrogens (tertiary/aromatic N) is 1. The van der Waals surface area contributed by atoms with Crippen LogP contribution in [0.2, 0.25) is 0 Å². The number of carbonyl (C=O) groups is 1. The zero-order valence-electron chi connectivity index (χ0n) is 7.61. The van der Waals surface area contributed by atoms with Crippen molar-refractivity contribution in [3.8, 4) is 0 Å². The van der Waals surface area contributed by atoms with Gasteiger partial charge in [0.25, 0.3) is 0 Å². The van der Waals surface area contributed by atoms with Gasteiger partial charge in [0.1, 0.15) is 0 Å². The lowest BCUT2D eigenvalue weighted by Crippen LogP contribution is -2.09. The van der Waals surface area contributed by atoms with Gasteiger partial charge in [-0.05, 0) is 22.0 Å². The van der Waals surface area contributed by atoms with Gasteiger partial charge in [-0.2, -0.15) is 0 Å². The first-order chi connectivity index (χ1) is 6.58. The molecule has 0 spiro atoms. The maximum Gasteiger partial charge on any atom is 0.329 e. The molecular formula is C9H10BrNO2S. The van der Waals surface area contributed by atoms with Crippen molar-refractivity contribution in [2.24, 2.45) is 0 Å². The molecule has 1 aromatic rings. The van der Waals surface area contributed by atoms with Crippen molar-refractivity contribution in [2.75, 3.05) is 7.05 Å². The quantitative estimate of drug-likeness (QED) is 0.859. The lowest BCUT2D eigenvalue weighted by molar-refractivity contribution is -0.131. The van der Waals surface area contributed by atoms with Gasteiger partial charge in [0.2, 0.25) is 0 Å². The van der Waals surface area contributed by atoms with Crippen LogP contribution in [0, 0.1) is 0 Å². The Bertz CT molecular complexity index is 348. The van der Waals surface area contributed by atoms with E-state index in [1.165, 1.54) is 4.88 Å². The lowest BCUT2D eigenvalue weighted by atomic mass is 10.4. The second-order valence-electron chi connectivity index (χ2n) is 2.80. The van der Waals surface area contributed by atoms with Crippen molar-refractivity contribution in [1.29, 1.82) is 0 Å². The standard InChI is InChI=1S/C9H10BrNO2S/c1-11(3-2-9(12)13)5-8-4-7(10)6-14-8/h2-4,6H,5H2,1H3,(H,12,13). The monoisotopic (exact) mass is 275 g/mol. The van der Waals surface area contributed by atoms with Crippen LogP contribution in [0.1, 0.15) is 4.88 Å². The van der Waals surface area contributed by atoms with Crippen LogP contribution >= 0.6 is 27.3 Å². The number of carboxylic acid groups (broad SMARTS) is 1. The van der Waals surface area contributed by atoms with E-state index in [1.54, 1.807) is 17.5 Å². The molecule has 1 heterocycles. The molecule has 0 amide bonds. The Hall–Kier alpha value is -0.810. The van der Waals surface area contributed by atoms with E-state index in [1.807, 2.05) is 23.4 Å². The van der Waals surface area contributed by atoms with Gasteiger partial charge < -0.3 is 10.0 Å². The predicted octanol–water partition coefficient (Wildman–Crippen LogP) is 2.54. The molecule has 0 aliphatic carbocycles. The Labute approximate surface area is 94.8 Å². The van der Waals surface area contributed by atoms with Crippen LogP contribution in [-0.2, 0) is 11.3 Å². The van der Waals surface area contributed by atoms with Crippen LogP contribution < -0.4 is 0 Å². The van der Waals surface area contributed by atoms with E-state index in [9.17, 15) is 4.79 Å². The van der Waals surface area contributed by atoms with Crippen LogP contribution in [0.5, 0.6) is 0 Å². The van der Waals surface area contributed by atoms with E-state index < -0.39 is 5.97 Å². The third-order valence-electron chi connectivity index (χ3n) is 1.50. The fourth-order valence-corrected chi connectivity index (χ4v) is 2.44. The van der Waals surface area contributed by atoms with Crippen LogP contribution in [0.15, 0.2) is 28.2 Å². The molecule has 3 nitrogen and oxygen atoms in total. The number of rotatable bonds is 4. The van der Waals surface area contributed by atoms with Crippen molar-refractivity contribution in [3.05, 3.63) is 33.1 Å². The molecule has 0 radical (unpaired) electrons. The molecule has 1 aromatic heterocycles. The first-order valence-electron chi connectivity index (χ1n) is 3.92. The van der Waals surface area contributed by atoms with E-state index in [-0.39, 0.29) is 0 Å². The maximum absolute atomic E-state index is 10.2. The van der Waals surface area contributed by atoms with E-state index in [4.69, 9.17) is 5.11 Å². The van der Waals surface area contributed by atoms with Gasteiger partial charge in [0, 0.05) is 34.1 Å². The minimum Gasteiger partial charge on any atom is -0.478 e. The highest BCUT2D eigenvalue weighted by Gasteiger charge is 1.99. The van der Waals surface area contributed by atoms with Gasteiger partial charge in [-0.1, -0.05) is 0 Å². The molecule has 14 heavy (non-hydrogen) atoms. The molecule has 0 saturated carbocycles. The molecule has 0 aliphatic rings. The summed E-state index contributed by atoms with van der Waals surface area (Å²) in [6.45, 7) is 0.722. The van der Waals surface area contributed by atoms with Gasteiger partial charge in [0.05, 0.1) is 6.54 Å². The zero-order chi connectivity index (χ0) is 10.6. The number of hydrogen-bond donors (Lipinski definition) is 1. The summed E-state index contributed by atoms with van der Waals surface area (Å²) in [7, 11) is 1.84. The highest BCUT2D eigenvalue weighted by molar-refractivity contribution is 9.10. The molecule has 0 bridgehead atoms. The first kappa shape index (κ1) is 11.3. The summed E-state index contributed by atoms with van der Waals surface area (Å²) in [5.41, 5.74) is 0. The highest BCUT2D eigenvalue weighted by atomic mass is 79.9. The maximum atomic E-state index is 10.2. The van der Waals surface area contributed by atoms with Crippen LogP contribution in [0.25, 0.3) is 0 Å². The van der Waals surface area contributed by atoms with E-state index in [0.29, 0.717) is 0 Å². The molecule has 0 aromatic carbocycles. The highest BCUT2D eigenvalue weighted by Crippen LogP contribution is 2.20. The summed E-state index contributed by atoms with van der Waals surface area (Å²) in [5.74, 6) is -0.927. The SMILES string of the molecule is CN(C=CC(=O)O)Cc1cc(Br)cs1. The molecule has 1 rings (SSSR count). The second kappa shape index (κ2) is 5.17. The second-order valence-corrected chi connectivity index (χ2v) is 4.71. The van der Waals surface area contributed by atoms with Crippen LogP contribution in [-0.4, -0.2) is 23.0 Å². The van der Waals surface area contributed by atoms with Crippen LogP contribution in [0.4, 0.5) is 0 Å². The molecule has 0 aliphatic heterocycles. The van der Waals surface area contributed by atoms with Crippen molar-refractivity contribution < 1.29 is 9.90 Å². The minimum absolute atomic E-state index is 0.722. The summed E-state index contributed by atoms with van der Waals surface area (Å²) in [6, 6.07) is 2.02. The average Bonchev–Trinajstić information content (AvgIpc) is 2.48. The van der Waals surface area contributed by atoms with Gasteiger partial charge in [0.15, 0.2) is 0 Å².